The lowest BCUT2D eigenvalue weighted by Gasteiger charge is -2.31. The van der Waals surface area contributed by atoms with Crippen LogP contribution in [0, 0.1) is 11.6 Å². The summed E-state index contributed by atoms with van der Waals surface area (Å²) in [6.07, 6.45) is 0. The predicted octanol–water partition coefficient (Wildman–Crippen LogP) is 4.49. The Balaban J connectivity index is 0.000000560. The van der Waals surface area contributed by atoms with E-state index in [1.807, 2.05) is 0 Å². The zero-order valence-electron chi connectivity index (χ0n) is 20.7. The number of halogens is 4. The standard InChI is InChI=1S/C13H17FN2O.C8H6BrFO.C5H12N2.CH4.BrH/c1-10-8-16(7-6-15-10)9-13(17)11-2-4-12(14)5-3-11;9-5-8(11)6-1-3-7(10)4-2-6;1-5-4-6-2-3-7-5;;/h2-5,10,15H,6-9H2,1H3;1-4H,5H2;5-7H,2-4H2,1H3;1H4;1H/t10-;;5-;;/m0.0../s1. The number of carbonyl (C=O) groups excluding carboxylic acids is 2. The van der Waals surface area contributed by atoms with Crippen LogP contribution in [0.2, 0.25) is 0 Å². The lowest BCUT2D eigenvalue weighted by Crippen LogP contribution is -2.50. The Hall–Kier alpha value is -1.56. The Morgan fingerprint density at radius 2 is 1.38 bits per heavy atom. The highest BCUT2D eigenvalue weighted by molar-refractivity contribution is 9.09. The monoisotopic (exact) mass is 648 g/mol. The number of hydrogen-bond donors (Lipinski definition) is 3. The molecule has 2 atom stereocenters. The van der Waals surface area contributed by atoms with Crippen molar-refractivity contribution in [3.05, 3.63) is 71.3 Å². The van der Waals surface area contributed by atoms with Crippen molar-refractivity contribution < 1.29 is 18.4 Å². The van der Waals surface area contributed by atoms with Crippen molar-refractivity contribution in [3.8, 4) is 0 Å². The van der Waals surface area contributed by atoms with Gasteiger partial charge in [0.25, 0.3) is 0 Å². The summed E-state index contributed by atoms with van der Waals surface area (Å²) in [5, 5.41) is 10.2. The molecular formula is C27H40Br2F2N4O2. The topological polar surface area (TPSA) is 73.5 Å². The molecule has 0 amide bonds. The fourth-order valence-electron chi connectivity index (χ4n) is 3.60. The van der Waals surface area contributed by atoms with Gasteiger partial charge < -0.3 is 16.0 Å². The van der Waals surface area contributed by atoms with Crippen molar-refractivity contribution in [2.24, 2.45) is 0 Å². The molecule has 0 radical (unpaired) electrons. The number of benzene rings is 2. The highest BCUT2D eigenvalue weighted by atomic mass is 79.9. The predicted molar refractivity (Wildman–Crippen MR) is 157 cm³/mol. The Kier molecular flexibility index (Phi) is 18.7. The summed E-state index contributed by atoms with van der Waals surface area (Å²) in [6.45, 7) is 10.8. The fraction of sp³-hybridized carbons (Fsp3) is 0.481. The van der Waals surface area contributed by atoms with Gasteiger partial charge in [-0.3, -0.25) is 14.5 Å². The van der Waals surface area contributed by atoms with Crippen molar-refractivity contribution in [1.29, 1.82) is 0 Å². The maximum Gasteiger partial charge on any atom is 0.176 e. The Labute approximate surface area is 238 Å². The minimum Gasteiger partial charge on any atom is -0.314 e. The molecule has 0 unspecified atom stereocenters. The van der Waals surface area contributed by atoms with Gasteiger partial charge in [0, 0.05) is 62.5 Å². The van der Waals surface area contributed by atoms with Crippen LogP contribution in [0.4, 0.5) is 8.78 Å². The first-order chi connectivity index (χ1) is 16.8. The first-order valence-corrected chi connectivity index (χ1v) is 12.9. The number of Topliss-reactive ketones (excluding diaryl/α,β-unsaturated/α-hetero) is 2. The average Bonchev–Trinajstić information content (AvgIpc) is 2.86. The summed E-state index contributed by atoms with van der Waals surface area (Å²) in [5.41, 5.74) is 1.11. The van der Waals surface area contributed by atoms with Crippen molar-refractivity contribution in [2.75, 3.05) is 51.1 Å². The summed E-state index contributed by atoms with van der Waals surface area (Å²) >= 11 is 3.03. The highest BCUT2D eigenvalue weighted by Crippen LogP contribution is 2.07. The number of carbonyl (C=O) groups is 2. The number of rotatable bonds is 5. The molecule has 0 saturated carbocycles. The lowest BCUT2D eigenvalue weighted by molar-refractivity contribution is 0.0907. The molecule has 0 aromatic heterocycles. The van der Waals surface area contributed by atoms with Crippen molar-refractivity contribution >= 4 is 44.5 Å². The van der Waals surface area contributed by atoms with E-state index < -0.39 is 0 Å². The van der Waals surface area contributed by atoms with Crippen molar-refractivity contribution in [1.82, 2.24) is 20.9 Å². The van der Waals surface area contributed by atoms with E-state index in [0.29, 0.717) is 29.8 Å². The van der Waals surface area contributed by atoms with Crippen LogP contribution in [-0.2, 0) is 0 Å². The minimum atomic E-state index is -0.323. The Bertz CT molecular complexity index is 912. The summed E-state index contributed by atoms with van der Waals surface area (Å²) in [6, 6.07) is 12.3. The van der Waals surface area contributed by atoms with Gasteiger partial charge in [-0.15, -0.1) is 17.0 Å². The van der Waals surface area contributed by atoms with Gasteiger partial charge >= 0.3 is 0 Å². The maximum absolute atomic E-state index is 12.7. The first kappa shape index (κ1) is 35.4. The normalized spacial score (nSPS) is 18.9. The van der Waals surface area contributed by atoms with E-state index >= 15 is 0 Å². The molecular weight excluding hydrogens is 610 g/mol. The molecule has 0 bridgehead atoms. The van der Waals surface area contributed by atoms with Crippen LogP contribution in [0.15, 0.2) is 48.5 Å². The molecule has 2 aliphatic heterocycles. The van der Waals surface area contributed by atoms with Gasteiger partial charge in [0.2, 0.25) is 0 Å². The van der Waals surface area contributed by atoms with Crippen LogP contribution in [0.1, 0.15) is 42.0 Å². The van der Waals surface area contributed by atoms with Crippen LogP contribution < -0.4 is 16.0 Å². The molecule has 2 aliphatic rings. The number of nitrogens with zero attached hydrogens (tertiary/aromatic N) is 1. The zero-order chi connectivity index (χ0) is 25.6. The molecule has 2 fully saturated rings. The van der Waals surface area contributed by atoms with E-state index in [0.717, 1.165) is 39.3 Å². The lowest BCUT2D eigenvalue weighted by atomic mass is 10.1. The molecule has 4 rings (SSSR count). The molecule has 10 heteroatoms. The molecule has 3 N–H and O–H groups in total. The van der Waals surface area contributed by atoms with Crippen LogP contribution in [0.3, 0.4) is 0 Å². The van der Waals surface area contributed by atoms with E-state index in [2.05, 4.69) is 50.6 Å². The molecule has 208 valence electrons. The summed E-state index contributed by atoms with van der Waals surface area (Å²) in [7, 11) is 0. The second-order valence-corrected chi connectivity index (χ2v) is 9.20. The average molecular weight is 650 g/mol. The van der Waals surface area contributed by atoms with E-state index in [1.54, 1.807) is 12.1 Å². The van der Waals surface area contributed by atoms with E-state index in [-0.39, 0.29) is 52.9 Å². The number of hydrogen-bond acceptors (Lipinski definition) is 6. The maximum atomic E-state index is 12.7. The number of nitrogens with one attached hydrogen (secondary N) is 3. The first-order valence-electron chi connectivity index (χ1n) is 11.8. The third kappa shape index (κ3) is 14.2. The van der Waals surface area contributed by atoms with Gasteiger partial charge in [-0.1, -0.05) is 23.4 Å². The minimum absolute atomic E-state index is 0. The van der Waals surface area contributed by atoms with Gasteiger partial charge in [-0.2, -0.15) is 0 Å². The quantitative estimate of drug-likeness (QED) is 0.328. The molecule has 0 aliphatic carbocycles. The number of piperazine rings is 2. The molecule has 2 saturated heterocycles. The van der Waals surface area contributed by atoms with Gasteiger partial charge in [0.1, 0.15) is 11.6 Å². The summed E-state index contributed by atoms with van der Waals surface area (Å²) < 4.78 is 25.1. The molecule has 6 nitrogen and oxygen atoms in total. The molecule has 37 heavy (non-hydrogen) atoms. The third-order valence-corrected chi connectivity index (χ3v) is 6.03. The number of alkyl halides is 1. The molecule has 0 spiro atoms. The Morgan fingerprint density at radius 3 is 1.78 bits per heavy atom. The second kappa shape index (κ2) is 19.5. The van der Waals surface area contributed by atoms with E-state index in [9.17, 15) is 18.4 Å². The van der Waals surface area contributed by atoms with Gasteiger partial charge in [0.15, 0.2) is 11.6 Å². The third-order valence-electron chi connectivity index (χ3n) is 5.52. The van der Waals surface area contributed by atoms with Crippen LogP contribution in [0.5, 0.6) is 0 Å². The van der Waals surface area contributed by atoms with Gasteiger partial charge in [-0.25, -0.2) is 8.78 Å². The van der Waals surface area contributed by atoms with Gasteiger partial charge in [0.05, 0.1) is 11.9 Å². The largest absolute Gasteiger partial charge is 0.314 e. The molecule has 2 aromatic carbocycles. The zero-order valence-corrected chi connectivity index (χ0v) is 24.0. The van der Waals surface area contributed by atoms with Gasteiger partial charge in [-0.05, 0) is 62.4 Å². The van der Waals surface area contributed by atoms with Crippen LogP contribution in [0.25, 0.3) is 0 Å². The van der Waals surface area contributed by atoms with Crippen molar-refractivity contribution in [2.45, 2.75) is 33.4 Å². The molecule has 2 heterocycles. The number of ketones is 2. The Morgan fingerprint density at radius 1 is 0.865 bits per heavy atom. The van der Waals surface area contributed by atoms with Crippen molar-refractivity contribution in [3.63, 3.8) is 0 Å². The second-order valence-electron chi connectivity index (χ2n) is 8.64. The smallest absolute Gasteiger partial charge is 0.176 e. The van der Waals surface area contributed by atoms with Crippen LogP contribution >= 0.6 is 32.9 Å². The van der Waals surface area contributed by atoms with Crippen LogP contribution in [-0.4, -0.2) is 79.7 Å². The highest BCUT2D eigenvalue weighted by Gasteiger charge is 2.18. The fourth-order valence-corrected chi connectivity index (χ4v) is 3.92. The summed E-state index contributed by atoms with van der Waals surface area (Å²) in [4.78, 5) is 25.0. The molecule has 2 aromatic rings. The summed E-state index contributed by atoms with van der Waals surface area (Å²) in [5.74, 6) is -0.613. The SMILES string of the molecule is Br.C.C[C@H]1CN(CC(=O)c2ccc(F)cc2)CCN1.C[C@H]1CNCCN1.O=C(CBr)c1ccc(F)cc1. The van der Waals surface area contributed by atoms with E-state index in [4.69, 9.17) is 0 Å². The van der Waals surface area contributed by atoms with E-state index in [1.165, 1.54) is 36.4 Å².